The molecule has 2 amide bonds. The van der Waals surface area contributed by atoms with Gasteiger partial charge >= 0.3 is 11.8 Å². The molecule has 0 bridgehead atoms. The van der Waals surface area contributed by atoms with Crippen molar-refractivity contribution in [2.75, 3.05) is 19.6 Å². The SMILES string of the molecule is C[C@H](NC(=O)C(=O)NCC1CCN(Cc2ccc(Br)cc2)CC1)c1ccccc1. The molecule has 29 heavy (non-hydrogen) atoms. The predicted molar refractivity (Wildman–Crippen MR) is 118 cm³/mol. The Morgan fingerprint density at radius 2 is 1.69 bits per heavy atom. The zero-order valence-corrected chi connectivity index (χ0v) is 18.3. The molecule has 3 rings (SSSR count). The molecule has 0 aromatic heterocycles. The maximum atomic E-state index is 12.1. The van der Waals surface area contributed by atoms with Gasteiger partial charge in [0, 0.05) is 17.6 Å². The van der Waals surface area contributed by atoms with Gasteiger partial charge in [-0.05, 0) is 62.0 Å². The number of hydrogen-bond donors (Lipinski definition) is 2. The van der Waals surface area contributed by atoms with Crippen LogP contribution in [0.25, 0.3) is 0 Å². The fourth-order valence-electron chi connectivity index (χ4n) is 3.60. The normalized spacial score (nSPS) is 16.2. The summed E-state index contributed by atoms with van der Waals surface area (Å²) < 4.78 is 1.10. The number of likely N-dealkylation sites (tertiary alicyclic amines) is 1. The van der Waals surface area contributed by atoms with Crippen molar-refractivity contribution in [2.24, 2.45) is 5.92 Å². The van der Waals surface area contributed by atoms with E-state index in [2.05, 4.69) is 55.7 Å². The van der Waals surface area contributed by atoms with Crippen LogP contribution in [0.15, 0.2) is 59.1 Å². The summed E-state index contributed by atoms with van der Waals surface area (Å²) in [5.41, 5.74) is 2.29. The van der Waals surface area contributed by atoms with Gasteiger partial charge in [0.05, 0.1) is 6.04 Å². The minimum Gasteiger partial charge on any atom is -0.348 e. The van der Waals surface area contributed by atoms with E-state index in [1.807, 2.05) is 37.3 Å². The lowest BCUT2D eigenvalue weighted by molar-refractivity contribution is -0.139. The van der Waals surface area contributed by atoms with Crippen LogP contribution in [0.4, 0.5) is 0 Å². The Morgan fingerprint density at radius 3 is 2.34 bits per heavy atom. The minimum absolute atomic E-state index is 0.198. The van der Waals surface area contributed by atoms with E-state index in [4.69, 9.17) is 0 Å². The third kappa shape index (κ3) is 6.68. The highest BCUT2D eigenvalue weighted by atomic mass is 79.9. The number of benzene rings is 2. The minimum atomic E-state index is -0.575. The van der Waals surface area contributed by atoms with Crippen LogP contribution in [0, 0.1) is 5.92 Å². The summed E-state index contributed by atoms with van der Waals surface area (Å²) >= 11 is 3.47. The van der Waals surface area contributed by atoms with Gasteiger partial charge in [0.15, 0.2) is 0 Å². The quantitative estimate of drug-likeness (QED) is 0.650. The van der Waals surface area contributed by atoms with Crippen molar-refractivity contribution in [1.29, 1.82) is 0 Å². The number of carbonyl (C=O) groups is 2. The Labute approximate surface area is 181 Å². The maximum absolute atomic E-state index is 12.1. The van der Waals surface area contributed by atoms with Crippen molar-refractivity contribution in [1.82, 2.24) is 15.5 Å². The first-order chi connectivity index (χ1) is 14.0. The summed E-state index contributed by atoms with van der Waals surface area (Å²) in [7, 11) is 0. The Bertz CT molecular complexity index is 803. The lowest BCUT2D eigenvalue weighted by Gasteiger charge is -2.32. The first-order valence-corrected chi connectivity index (χ1v) is 10.9. The lowest BCUT2D eigenvalue weighted by atomic mass is 9.96. The van der Waals surface area contributed by atoms with Gasteiger partial charge in [0.1, 0.15) is 0 Å². The number of halogens is 1. The van der Waals surface area contributed by atoms with Gasteiger partial charge in [-0.3, -0.25) is 14.5 Å². The molecular weight excluding hydrogens is 430 g/mol. The average Bonchev–Trinajstić information content (AvgIpc) is 2.75. The number of piperidine rings is 1. The first-order valence-electron chi connectivity index (χ1n) is 10.1. The fraction of sp³-hybridized carbons (Fsp3) is 0.391. The smallest absolute Gasteiger partial charge is 0.309 e. The monoisotopic (exact) mass is 457 g/mol. The summed E-state index contributed by atoms with van der Waals surface area (Å²) in [6, 6.07) is 17.9. The average molecular weight is 458 g/mol. The van der Waals surface area contributed by atoms with Crippen molar-refractivity contribution in [3.63, 3.8) is 0 Å². The summed E-state index contributed by atoms with van der Waals surface area (Å²) in [5.74, 6) is -0.710. The van der Waals surface area contributed by atoms with Crippen LogP contribution >= 0.6 is 15.9 Å². The van der Waals surface area contributed by atoms with E-state index in [1.165, 1.54) is 5.56 Å². The van der Waals surface area contributed by atoms with Crippen molar-refractivity contribution in [3.05, 3.63) is 70.2 Å². The van der Waals surface area contributed by atoms with E-state index in [0.717, 1.165) is 42.5 Å². The van der Waals surface area contributed by atoms with Crippen LogP contribution in [0.1, 0.15) is 36.9 Å². The highest BCUT2D eigenvalue weighted by Gasteiger charge is 2.22. The molecule has 6 heteroatoms. The van der Waals surface area contributed by atoms with E-state index in [9.17, 15) is 9.59 Å². The third-order valence-corrected chi connectivity index (χ3v) is 5.96. The predicted octanol–water partition coefficient (Wildman–Crippen LogP) is 3.65. The molecule has 1 aliphatic rings. The van der Waals surface area contributed by atoms with E-state index in [1.54, 1.807) is 0 Å². The number of carbonyl (C=O) groups excluding carboxylic acids is 2. The van der Waals surface area contributed by atoms with E-state index in [-0.39, 0.29) is 6.04 Å². The van der Waals surface area contributed by atoms with Gasteiger partial charge in [0.25, 0.3) is 0 Å². The van der Waals surface area contributed by atoms with Crippen molar-refractivity contribution in [2.45, 2.75) is 32.4 Å². The molecule has 154 valence electrons. The molecule has 2 aromatic carbocycles. The standard InChI is InChI=1S/C23H28BrN3O2/c1-17(20-5-3-2-4-6-20)26-23(29)22(28)25-15-18-11-13-27(14-12-18)16-19-7-9-21(24)10-8-19/h2-10,17-18H,11-16H2,1H3,(H,25,28)(H,26,29)/t17-/m0/s1. The van der Waals surface area contributed by atoms with E-state index < -0.39 is 11.8 Å². The molecule has 0 aliphatic carbocycles. The number of nitrogens with zero attached hydrogens (tertiary/aromatic N) is 1. The van der Waals surface area contributed by atoms with E-state index in [0.29, 0.717) is 12.5 Å². The summed E-state index contributed by atoms with van der Waals surface area (Å²) in [4.78, 5) is 26.7. The van der Waals surface area contributed by atoms with E-state index >= 15 is 0 Å². The first kappa shape index (κ1) is 21.5. The van der Waals surface area contributed by atoms with Gasteiger partial charge < -0.3 is 10.6 Å². The molecule has 1 heterocycles. The number of amides is 2. The molecule has 1 atom stereocenters. The zero-order valence-electron chi connectivity index (χ0n) is 16.7. The van der Waals surface area contributed by atoms with Gasteiger partial charge in [-0.1, -0.05) is 58.4 Å². The molecule has 0 saturated carbocycles. The molecule has 1 aliphatic heterocycles. The molecule has 2 aromatic rings. The molecule has 0 unspecified atom stereocenters. The lowest BCUT2D eigenvalue weighted by Crippen LogP contribution is -2.44. The fourth-order valence-corrected chi connectivity index (χ4v) is 3.87. The second-order valence-electron chi connectivity index (χ2n) is 7.66. The Hall–Kier alpha value is -2.18. The number of hydrogen-bond acceptors (Lipinski definition) is 3. The third-order valence-electron chi connectivity index (χ3n) is 5.43. The van der Waals surface area contributed by atoms with Crippen LogP contribution in [-0.4, -0.2) is 36.3 Å². The summed E-state index contributed by atoms with van der Waals surface area (Å²) in [6.07, 6.45) is 2.05. The molecule has 1 fully saturated rings. The van der Waals surface area contributed by atoms with Gasteiger partial charge in [-0.15, -0.1) is 0 Å². The molecule has 5 nitrogen and oxygen atoms in total. The number of nitrogens with one attached hydrogen (secondary N) is 2. The van der Waals surface area contributed by atoms with Crippen molar-refractivity contribution in [3.8, 4) is 0 Å². The number of rotatable bonds is 6. The van der Waals surface area contributed by atoms with Crippen LogP contribution < -0.4 is 10.6 Å². The van der Waals surface area contributed by atoms with Crippen LogP contribution in [0.3, 0.4) is 0 Å². The van der Waals surface area contributed by atoms with Gasteiger partial charge in [-0.2, -0.15) is 0 Å². The highest BCUT2D eigenvalue weighted by Crippen LogP contribution is 2.19. The topological polar surface area (TPSA) is 61.4 Å². The maximum Gasteiger partial charge on any atom is 0.309 e. The summed E-state index contributed by atoms with van der Waals surface area (Å²) in [6.45, 7) is 5.40. The van der Waals surface area contributed by atoms with Gasteiger partial charge in [0.2, 0.25) is 0 Å². The molecular formula is C23H28BrN3O2. The molecule has 0 spiro atoms. The highest BCUT2D eigenvalue weighted by molar-refractivity contribution is 9.10. The second kappa shape index (κ2) is 10.6. The molecule has 1 saturated heterocycles. The van der Waals surface area contributed by atoms with Crippen molar-refractivity contribution < 1.29 is 9.59 Å². The van der Waals surface area contributed by atoms with Crippen molar-refractivity contribution >= 4 is 27.7 Å². The summed E-state index contributed by atoms with van der Waals surface area (Å²) in [5, 5.41) is 5.56. The largest absolute Gasteiger partial charge is 0.348 e. The Balaban J connectivity index is 1.36. The van der Waals surface area contributed by atoms with Crippen LogP contribution in [0.2, 0.25) is 0 Å². The molecule has 2 N–H and O–H groups in total. The molecule has 0 radical (unpaired) electrons. The Morgan fingerprint density at radius 1 is 1.03 bits per heavy atom. The second-order valence-corrected chi connectivity index (χ2v) is 8.58. The zero-order chi connectivity index (χ0) is 20.6. The van der Waals surface area contributed by atoms with Gasteiger partial charge in [-0.25, -0.2) is 0 Å². The van der Waals surface area contributed by atoms with Crippen LogP contribution in [0.5, 0.6) is 0 Å². The van der Waals surface area contributed by atoms with Crippen LogP contribution in [-0.2, 0) is 16.1 Å². The Kier molecular flexibility index (Phi) is 7.83.